The van der Waals surface area contributed by atoms with Gasteiger partial charge in [0.25, 0.3) is 0 Å². The fraction of sp³-hybridized carbons (Fsp3) is 0.500. The van der Waals surface area contributed by atoms with Crippen molar-refractivity contribution in [1.82, 2.24) is 9.71 Å². The number of rotatable bonds is 7. The van der Waals surface area contributed by atoms with E-state index >= 15 is 0 Å². The molecule has 0 saturated heterocycles. The second-order valence-electron chi connectivity index (χ2n) is 3.32. The normalized spacial score (nSPS) is 11.6. The monoisotopic (exact) mass is 260 g/mol. The highest BCUT2D eigenvalue weighted by atomic mass is 32.2. The first-order valence-corrected chi connectivity index (χ1v) is 6.80. The number of aromatic amines is 1. The minimum Gasteiger partial charge on any atom is -0.382 e. The predicted molar refractivity (Wildman–Crippen MR) is 63.4 cm³/mol. The summed E-state index contributed by atoms with van der Waals surface area (Å²) in [6.45, 7) is 3.21. The molecule has 0 radical (unpaired) electrons. The number of H-pyrrole nitrogens is 1. The molecular weight excluding hydrogens is 244 g/mol. The Morgan fingerprint density at radius 2 is 2.24 bits per heavy atom. The van der Waals surface area contributed by atoms with Crippen molar-refractivity contribution in [2.75, 3.05) is 19.8 Å². The van der Waals surface area contributed by atoms with E-state index in [1.54, 1.807) is 0 Å². The highest BCUT2D eigenvalue weighted by molar-refractivity contribution is 7.89. The van der Waals surface area contributed by atoms with Crippen molar-refractivity contribution < 1.29 is 13.2 Å². The lowest BCUT2D eigenvalue weighted by atomic mass is 10.5. The van der Waals surface area contributed by atoms with Crippen molar-refractivity contribution in [3.63, 3.8) is 0 Å². The minimum absolute atomic E-state index is 0.247. The van der Waals surface area contributed by atoms with Gasteiger partial charge in [-0.05, 0) is 13.3 Å². The van der Waals surface area contributed by atoms with Crippen LogP contribution < -0.4 is 10.2 Å². The van der Waals surface area contributed by atoms with E-state index in [1.165, 1.54) is 18.5 Å². The Labute approximate surface area is 100 Å². The highest BCUT2D eigenvalue weighted by Gasteiger charge is 2.16. The molecule has 1 aromatic rings. The molecule has 0 aliphatic rings. The first-order valence-electron chi connectivity index (χ1n) is 5.32. The molecule has 0 aromatic carbocycles. The van der Waals surface area contributed by atoms with Crippen LogP contribution in [0.25, 0.3) is 0 Å². The maximum atomic E-state index is 11.7. The Bertz CT molecular complexity index is 495. The maximum absolute atomic E-state index is 11.7. The molecule has 2 N–H and O–H groups in total. The zero-order valence-electron chi connectivity index (χ0n) is 9.60. The van der Waals surface area contributed by atoms with Crippen LogP contribution in [0.3, 0.4) is 0 Å². The number of ether oxygens (including phenoxy) is 1. The lowest BCUT2D eigenvalue weighted by Crippen LogP contribution is -2.29. The largest absolute Gasteiger partial charge is 0.382 e. The molecule has 1 heterocycles. The van der Waals surface area contributed by atoms with Gasteiger partial charge in [-0.1, -0.05) is 0 Å². The zero-order chi connectivity index (χ0) is 12.7. The number of hydrogen-bond donors (Lipinski definition) is 2. The molecular formula is C10H16N2O4S. The summed E-state index contributed by atoms with van der Waals surface area (Å²) in [7, 11) is -3.73. The van der Waals surface area contributed by atoms with Crippen LogP contribution in [0, 0.1) is 0 Å². The number of nitrogens with one attached hydrogen (secondary N) is 2. The van der Waals surface area contributed by atoms with Gasteiger partial charge in [-0.3, -0.25) is 4.79 Å². The van der Waals surface area contributed by atoms with Crippen LogP contribution in [0.2, 0.25) is 0 Å². The van der Waals surface area contributed by atoms with Crippen molar-refractivity contribution in [3.05, 3.63) is 28.7 Å². The van der Waals surface area contributed by atoms with Gasteiger partial charge in [0.05, 0.1) is 0 Å². The smallest absolute Gasteiger partial charge is 0.245 e. The Kier molecular flexibility index (Phi) is 5.33. The van der Waals surface area contributed by atoms with Crippen molar-refractivity contribution in [3.8, 4) is 0 Å². The summed E-state index contributed by atoms with van der Waals surface area (Å²) in [5.41, 5.74) is -0.527. The average molecular weight is 260 g/mol. The van der Waals surface area contributed by atoms with Gasteiger partial charge >= 0.3 is 0 Å². The van der Waals surface area contributed by atoms with E-state index < -0.39 is 15.5 Å². The van der Waals surface area contributed by atoms with Crippen LogP contribution in [0.4, 0.5) is 0 Å². The first kappa shape index (κ1) is 13.9. The second-order valence-corrected chi connectivity index (χ2v) is 5.06. The summed E-state index contributed by atoms with van der Waals surface area (Å²) in [5.74, 6) is 0. The van der Waals surface area contributed by atoms with E-state index in [-0.39, 0.29) is 11.4 Å². The second kappa shape index (κ2) is 6.53. The van der Waals surface area contributed by atoms with Crippen LogP contribution in [0.15, 0.2) is 28.2 Å². The third-order valence-corrected chi connectivity index (χ3v) is 3.52. The van der Waals surface area contributed by atoms with E-state index in [4.69, 9.17) is 4.74 Å². The molecule has 0 fully saturated rings. The highest BCUT2D eigenvalue weighted by Crippen LogP contribution is 1.99. The molecule has 0 saturated carbocycles. The molecule has 0 aliphatic carbocycles. The number of hydrogen-bond acceptors (Lipinski definition) is 4. The Hall–Kier alpha value is -1.18. The van der Waals surface area contributed by atoms with Crippen molar-refractivity contribution >= 4 is 10.0 Å². The van der Waals surface area contributed by atoms with E-state index in [0.29, 0.717) is 19.6 Å². The minimum atomic E-state index is -3.73. The molecule has 0 aliphatic heterocycles. The number of pyridine rings is 1. The summed E-state index contributed by atoms with van der Waals surface area (Å²) in [6, 6.07) is 1.18. The van der Waals surface area contributed by atoms with E-state index in [9.17, 15) is 13.2 Å². The molecule has 0 atom stereocenters. The fourth-order valence-electron chi connectivity index (χ4n) is 1.21. The predicted octanol–water partition coefficient (Wildman–Crippen LogP) is 0.0798. The van der Waals surface area contributed by atoms with Gasteiger partial charge < -0.3 is 9.72 Å². The summed E-state index contributed by atoms with van der Waals surface area (Å²) in [6.07, 6.45) is 3.13. The number of aromatic nitrogens is 1. The van der Waals surface area contributed by atoms with Gasteiger partial charge in [-0.25, -0.2) is 13.1 Å². The van der Waals surface area contributed by atoms with Crippen LogP contribution in [0.1, 0.15) is 13.3 Å². The van der Waals surface area contributed by atoms with Gasteiger partial charge in [0.2, 0.25) is 15.5 Å². The molecule has 1 aromatic heterocycles. The third-order valence-electron chi connectivity index (χ3n) is 2.04. The molecule has 0 unspecified atom stereocenters. The molecule has 0 bridgehead atoms. The van der Waals surface area contributed by atoms with Gasteiger partial charge in [-0.2, -0.15) is 0 Å². The van der Waals surface area contributed by atoms with Crippen molar-refractivity contribution in [1.29, 1.82) is 0 Å². The zero-order valence-corrected chi connectivity index (χ0v) is 10.4. The van der Waals surface area contributed by atoms with Crippen molar-refractivity contribution in [2.24, 2.45) is 0 Å². The summed E-state index contributed by atoms with van der Waals surface area (Å²) < 4.78 is 30.8. The molecule has 0 amide bonds. The van der Waals surface area contributed by atoms with Gasteiger partial charge in [0.1, 0.15) is 4.90 Å². The van der Waals surface area contributed by atoms with Crippen LogP contribution in [0.5, 0.6) is 0 Å². The first-order chi connectivity index (χ1) is 8.08. The number of sulfonamides is 1. The Morgan fingerprint density at radius 1 is 1.47 bits per heavy atom. The van der Waals surface area contributed by atoms with E-state index in [2.05, 4.69) is 9.71 Å². The Morgan fingerprint density at radius 3 is 2.88 bits per heavy atom. The van der Waals surface area contributed by atoms with E-state index in [1.807, 2.05) is 6.92 Å². The molecule has 17 heavy (non-hydrogen) atoms. The van der Waals surface area contributed by atoms with Crippen LogP contribution in [-0.4, -0.2) is 33.2 Å². The third kappa shape index (κ3) is 4.29. The molecule has 0 spiro atoms. The maximum Gasteiger partial charge on any atom is 0.245 e. The average Bonchev–Trinajstić information content (AvgIpc) is 2.29. The lowest BCUT2D eigenvalue weighted by Gasteiger charge is -2.05. The molecule has 7 heteroatoms. The van der Waals surface area contributed by atoms with Crippen LogP contribution in [-0.2, 0) is 14.8 Å². The lowest BCUT2D eigenvalue weighted by molar-refractivity contribution is 0.146. The van der Waals surface area contributed by atoms with Crippen LogP contribution >= 0.6 is 0 Å². The summed E-state index contributed by atoms with van der Waals surface area (Å²) in [5, 5.41) is 0. The van der Waals surface area contributed by atoms with Gasteiger partial charge in [0.15, 0.2) is 0 Å². The van der Waals surface area contributed by atoms with Crippen molar-refractivity contribution in [2.45, 2.75) is 18.2 Å². The summed E-state index contributed by atoms with van der Waals surface area (Å²) in [4.78, 5) is 13.6. The molecule has 1 rings (SSSR count). The van der Waals surface area contributed by atoms with E-state index in [0.717, 1.165) is 0 Å². The molecule has 96 valence electrons. The standard InChI is InChI=1S/C10H16N2O4S/c1-2-16-7-3-5-12-17(14,15)10-8-11-6-4-9(10)13/h4,6,8,12H,2-3,5,7H2,1H3,(H,11,13). The molecule has 6 nitrogen and oxygen atoms in total. The topological polar surface area (TPSA) is 88.3 Å². The summed E-state index contributed by atoms with van der Waals surface area (Å²) >= 11 is 0. The van der Waals surface area contributed by atoms with Gasteiger partial charge in [-0.15, -0.1) is 0 Å². The Balaban J connectivity index is 2.58. The van der Waals surface area contributed by atoms with Gasteiger partial charge in [0, 0.05) is 38.2 Å². The SMILES string of the molecule is CCOCCCNS(=O)(=O)c1c[nH]ccc1=O. The fourth-order valence-corrected chi connectivity index (χ4v) is 2.34. The quantitative estimate of drug-likeness (QED) is 0.680.